The summed E-state index contributed by atoms with van der Waals surface area (Å²) in [5.41, 5.74) is 2.36. The van der Waals surface area contributed by atoms with Gasteiger partial charge in [-0.2, -0.15) is 0 Å². The second-order valence-corrected chi connectivity index (χ2v) is 10.1. The van der Waals surface area contributed by atoms with Gasteiger partial charge in [0.25, 0.3) is 0 Å². The minimum absolute atomic E-state index is 0.0702. The van der Waals surface area contributed by atoms with E-state index in [0.29, 0.717) is 0 Å². The average molecular weight is 367 g/mol. The summed E-state index contributed by atoms with van der Waals surface area (Å²) in [6.07, 6.45) is 0. The number of aryl methyl sites for hydroxylation is 1. The standard InChI is InChI=1S/C20H14OS3/c1-12-8-10-13(11-9-12)20-23-15-5-2-4-14-18(15)19-16(22-14)6-3-7-17(19)24(20)21/h2-11,20H,1H3. The monoisotopic (exact) mass is 366 g/mol. The van der Waals surface area contributed by atoms with Crippen LogP contribution in [0, 0.1) is 6.92 Å². The molecule has 0 spiro atoms. The SMILES string of the molecule is Cc1ccc(C2Sc3cccc4sc5cccc(c5c34)S2=O)cc1. The lowest BCUT2D eigenvalue weighted by Gasteiger charge is -2.15. The van der Waals surface area contributed by atoms with Crippen molar-refractivity contribution in [3.63, 3.8) is 0 Å². The van der Waals surface area contributed by atoms with Gasteiger partial charge in [0.15, 0.2) is 0 Å². The second-order valence-electron chi connectivity index (χ2n) is 6.02. The van der Waals surface area contributed by atoms with Gasteiger partial charge in [-0.25, -0.2) is 0 Å². The van der Waals surface area contributed by atoms with Crippen LogP contribution in [0.5, 0.6) is 0 Å². The van der Waals surface area contributed by atoms with Crippen molar-refractivity contribution in [2.75, 3.05) is 0 Å². The molecule has 118 valence electrons. The maximum Gasteiger partial charge on any atom is 0.114 e. The third kappa shape index (κ3) is 2.10. The number of thioether (sulfide) groups is 1. The minimum atomic E-state index is -1.08. The van der Waals surface area contributed by atoms with Gasteiger partial charge in [-0.3, -0.25) is 4.21 Å². The number of rotatable bonds is 1. The van der Waals surface area contributed by atoms with Crippen LogP contribution < -0.4 is 0 Å². The van der Waals surface area contributed by atoms with Gasteiger partial charge in [-0.05, 0) is 36.8 Å². The van der Waals surface area contributed by atoms with Crippen LogP contribution in [0.4, 0.5) is 0 Å². The molecule has 3 aromatic carbocycles. The van der Waals surface area contributed by atoms with Crippen molar-refractivity contribution >= 4 is 54.1 Å². The van der Waals surface area contributed by atoms with Gasteiger partial charge in [0, 0.05) is 30.0 Å². The molecule has 0 fully saturated rings. The predicted octanol–water partition coefficient (Wildman–Crippen LogP) is 6.28. The molecule has 24 heavy (non-hydrogen) atoms. The number of hydrogen-bond acceptors (Lipinski definition) is 3. The largest absolute Gasteiger partial charge is 0.253 e. The maximum absolute atomic E-state index is 13.4. The van der Waals surface area contributed by atoms with Crippen molar-refractivity contribution in [3.8, 4) is 0 Å². The molecule has 4 aromatic rings. The minimum Gasteiger partial charge on any atom is -0.253 e. The summed E-state index contributed by atoms with van der Waals surface area (Å²) in [5, 5.41) is 2.47. The molecule has 0 saturated heterocycles. The Labute approximate surface area is 151 Å². The normalized spacial score (nSPS) is 19.9. The molecule has 0 aliphatic carbocycles. The van der Waals surface area contributed by atoms with Crippen molar-refractivity contribution in [2.24, 2.45) is 0 Å². The molecule has 5 rings (SSSR count). The van der Waals surface area contributed by atoms with Crippen LogP contribution in [-0.2, 0) is 10.8 Å². The quantitative estimate of drug-likeness (QED) is 0.394. The lowest BCUT2D eigenvalue weighted by atomic mass is 10.1. The first-order valence-corrected chi connectivity index (χ1v) is 10.7. The van der Waals surface area contributed by atoms with E-state index >= 15 is 0 Å². The highest BCUT2D eigenvalue weighted by Gasteiger charge is 2.29. The van der Waals surface area contributed by atoms with Gasteiger partial charge in [-0.15, -0.1) is 23.1 Å². The molecule has 0 radical (unpaired) electrons. The fourth-order valence-corrected chi connectivity index (χ4v) is 7.79. The fourth-order valence-electron chi connectivity index (χ4n) is 3.26. The van der Waals surface area contributed by atoms with Crippen LogP contribution in [0.3, 0.4) is 0 Å². The van der Waals surface area contributed by atoms with Crippen molar-refractivity contribution in [1.29, 1.82) is 0 Å². The molecular formula is C20H14OS3. The van der Waals surface area contributed by atoms with Crippen LogP contribution in [0.1, 0.15) is 15.7 Å². The molecule has 1 aliphatic heterocycles. The zero-order valence-electron chi connectivity index (χ0n) is 13.0. The first kappa shape index (κ1) is 14.7. The molecule has 0 N–H and O–H groups in total. The van der Waals surface area contributed by atoms with Gasteiger partial charge in [-0.1, -0.05) is 42.0 Å². The van der Waals surface area contributed by atoms with Crippen molar-refractivity contribution in [2.45, 2.75) is 21.3 Å². The van der Waals surface area contributed by atoms with E-state index in [1.165, 1.54) is 30.6 Å². The third-order valence-corrected chi connectivity index (χ3v) is 8.89. The van der Waals surface area contributed by atoms with E-state index in [9.17, 15) is 4.21 Å². The highest BCUT2D eigenvalue weighted by atomic mass is 32.2. The number of thiophene rings is 1. The Morgan fingerprint density at radius 3 is 2.38 bits per heavy atom. The zero-order valence-corrected chi connectivity index (χ0v) is 15.4. The van der Waals surface area contributed by atoms with Crippen molar-refractivity contribution in [1.82, 2.24) is 0 Å². The molecule has 1 aromatic heterocycles. The summed E-state index contributed by atoms with van der Waals surface area (Å²) in [5.74, 6) is 0. The first-order chi connectivity index (χ1) is 11.7. The van der Waals surface area contributed by atoms with Gasteiger partial charge in [0.05, 0.1) is 10.8 Å². The van der Waals surface area contributed by atoms with Gasteiger partial charge in [0.1, 0.15) is 4.58 Å². The Morgan fingerprint density at radius 2 is 1.58 bits per heavy atom. The molecule has 0 bridgehead atoms. The van der Waals surface area contributed by atoms with Gasteiger partial charge >= 0.3 is 0 Å². The average Bonchev–Trinajstić information content (AvgIpc) is 2.93. The van der Waals surface area contributed by atoms with E-state index in [1.807, 2.05) is 12.1 Å². The molecule has 1 aliphatic rings. The Bertz CT molecular complexity index is 1110. The summed E-state index contributed by atoms with van der Waals surface area (Å²) in [6.45, 7) is 2.08. The summed E-state index contributed by atoms with van der Waals surface area (Å²) in [6, 6.07) is 21.1. The summed E-state index contributed by atoms with van der Waals surface area (Å²) in [4.78, 5) is 2.21. The first-order valence-electron chi connectivity index (χ1n) is 7.80. The van der Waals surface area contributed by atoms with Crippen LogP contribution in [0.15, 0.2) is 70.5 Å². The maximum atomic E-state index is 13.4. The molecule has 0 saturated carbocycles. The smallest absolute Gasteiger partial charge is 0.114 e. The lowest BCUT2D eigenvalue weighted by molar-refractivity contribution is 0.682. The molecule has 1 nitrogen and oxygen atoms in total. The summed E-state index contributed by atoms with van der Waals surface area (Å²) >= 11 is 3.53. The molecular weight excluding hydrogens is 352 g/mol. The third-order valence-electron chi connectivity index (χ3n) is 4.44. The van der Waals surface area contributed by atoms with Crippen LogP contribution in [0.2, 0.25) is 0 Å². The summed E-state index contributed by atoms with van der Waals surface area (Å²) in [7, 11) is -1.08. The molecule has 2 unspecified atom stereocenters. The van der Waals surface area contributed by atoms with E-state index < -0.39 is 10.8 Å². The molecule has 0 amide bonds. The van der Waals surface area contributed by atoms with E-state index in [2.05, 4.69) is 55.5 Å². The van der Waals surface area contributed by atoms with E-state index in [-0.39, 0.29) is 4.58 Å². The van der Waals surface area contributed by atoms with Crippen LogP contribution >= 0.6 is 23.1 Å². The van der Waals surface area contributed by atoms with Crippen molar-refractivity contribution < 1.29 is 4.21 Å². The van der Waals surface area contributed by atoms with E-state index in [4.69, 9.17) is 0 Å². The number of hydrogen-bond donors (Lipinski definition) is 0. The highest BCUT2D eigenvalue weighted by molar-refractivity contribution is 8.11. The van der Waals surface area contributed by atoms with Crippen LogP contribution in [0.25, 0.3) is 20.2 Å². The van der Waals surface area contributed by atoms with Gasteiger partial charge < -0.3 is 0 Å². The zero-order chi connectivity index (χ0) is 16.3. The Hall–Kier alpha value is -1.62. The molecule has 2 heterocycles. The van der Waals surface area contributed by atoms with Gasteiger partial charge in [0.2, 0.25) is 0 Å². The fraction of sp³-hybridized carbons (Fsp3) is 0.100. The molecule has 4 heteroatoms. The van der Waals surface area contributed by atoms with Crippen LogP contribution in [-0.4, -0.2) is 4.21 Å². The highest BCUT2D eigenvalue weighted by Crippen LogP contribution is 2.51. The summed E-state index contributed by atoms with van der Waals surface area (Å²) < 4.78 is 15.9. The van der Waals surface area contributed by atoms with E-state index in [1.54, 1.807) is 23.1 Å². The van der Waals surface area contributed by atoms with Crippen molar-refractivity contribution in [3.05, 3.63) is 71.8 Å². The topological polar surface area (TPSA) is 17.1 Å². The Balaban J connectivity index is 1.82. The Kier molecular flexibility index (Phi) is 3.34. The second kappa shape index (κ2) is 5.45. The molecule has 2 atom stereocenters. The van der Waals surface area contributed by atoms with E-state index in [0.717, 1.165) is 10.5 Å². The Morgan fingerprint density at radius 1 is 0.875 bits per heavy atom. The number of benzene rings is 3. The lowest BCUT2D eigenvalue weighted by Crippen LogP contribution is -2.02. The predicted molar refractivity (Wildman–Crippen MR) is 106 cm³/mol.